The van der Waals surface area contributed by atoms with Crippen LogP contribution in [0.2, 0.25) is 0 Å². The predicted molar refractivity (Wildman–Crippen MR) is 74.2 cm³/mol. The van der Waals surface area contributed by atoms with Crippen molar-refractivity contribution in [3.05, 3.63) is 35.9 Å². The van der Waals surface area contributed by atoms with Gasteiger partial charge >= 0.3 is 5.97 Å². The summed E-state index contributed by atoms with van der Waals surface area (Å²) in [5.74, 6) is -1.05. The number of hydrogen-bond donors (Lipinski definition) is 3. The van der Waals surface area contributed by atoms with Gasteiger partial charge in [-0.15, -0.1) is 0 Å². The lowest BCUT2D eigenvalue weighted by atomic mass is 10.2. The molecule has 1 fully saturated rings. The molecule has 1 aromatic carbocycles. The van der Waals surface area contributed by atoms with Gasteiger partial charge in [0, 0.05) is 26.2 Å². The van der Waals surface area contributed by atoms with E-state index in [9.17, 15) is 9.59 Å². The molecule has 1 saturated heterocycles. The molecule has 1 aromatic rings. The molecular formula is C14H19N3O3. The molecule has 1 unspecified atom stereocenters. The number of rotatable bonds is 5. The summed E-state index contributed by atoms with van der Waals surface area (Å²) in [6.07, 6.45) is 0. The predicted octanol–water partition coefficient (Wildman–Crippen LogP) is -0.339. The zero-order valence-corrected chi connectivity index (χ0v) is 11.2. The van der Waals surface area contributed by atoms with Crippen LogP contribution in [-0.2, 0) is 16.1 Å². The summed E-state index contributed by atoms with van der Waals surface area (Å²) in [5.41, 5.74) is 1.02. The molecule has 0 spiro atoms. The average molecular weight is 277 g/mol. The number of hydrogen-bond acceptors (Lipinski definition) is 4. The Bertz CT molecular complexity index is 464. The molecule has 0 saturated carbocycles. The van der Waals surface area contributed by atoms with Crippen molar-refractivity contribution in [3.63, 3.8) is 0 Å². The van der Waals surface area contributed by atoms with Crippen molar-refractivity contribution in [1.82, 2.24) is 15.5 Å². The van der Waals surface area contributed by atoms with Crippen LogP contribution in [0, 0.1) is 0 Å². The monoisotopic (exact) mass is 277 g/mol. The maximum absolute atomic E-state index is 11.9. The van der Waals surface area contributed by atoms with Crippen LogP contribution in [0.1, 0.15) is 5.56 Å². The van der Waals surface area contributed by atoms with Crippen LogP contribution in [0.5, 0.6) is 0 Å². The van der Waals surface area contributed by atoms with Gasteiger partial charge in [0.25, 0.3) is 0 Å². The van der Waals surface area contributed by atoms with Crippen molar-refractivity contribution in [1.29, 1.82) is 0 Å². The fourth-order valence-corrected chi connectivity index (χ4v) is 2.22. The van der Waals surface area contributed by atoms with Crippen LogP contribution in [0.15, 0.2) is 30.3 Å². The SMILES string of the molecule is O=C(CN1CCNCC1C(=O)O)NCc1ccccc1. The van der Waals surface area contributed by atoms with Gasteiger partial charge in [-0.1, -0.05) is 30.3 Å². The molecule has 0 aromatic heterocycles. The summed E-state index contributed by atoms with van der Waals surface area (Å²) >= 11 is 0. The molecule has 0 bridgehead atoms. The van der Waals surface area contributed by atoms with Crippen LogP contribution in [0.4, 0.5) is 0 Å². The molecule has 1 aliphatic rings. The number of aliphatic carboxylic acids is 1. The summed E-state index contributed by atoms with van der Waals surface area (Å²) in [7, 11) is 0. The van der Waals surface area contributed by atoms with Crippen molar-refractivity contribution in [2.24, 2.45) is 0 Å². The van der Waals surface area contributed by atoms with Crippen LogP contribution in [0.25, 0.3) is 0 Å². The van der Waals surface area contributed by atoms with E-state index in [1.54, 1.807) is 4.90 Å². The quantitative estimate of drug-likeness (QED) is 0.686. The third kappa shape index (κ3) is 4.04. The van der Waals surface area contributed by atoms with Crippen LogP contribution >= 0.6 is 0 Å². The van der Waals surface area contributed by atoms with Crippen molar-refractivity contribution >= 4 is 11.9 Å². The lowest BCUT2D eigenvalue weighted by molar-refractivity contribution is -0.144. The molecule has 1 aliphatic heterocycles. The summed E-state index contributed by atoms with van der Waals surface area (Å²) in [6, 6.07) is 8.99. The van der Waals surface area contributed by atoms with E-state index in [0.29, 0.717) is 26.2 Å². The second-order valence-corrected chi connectivity index (χ2v) is 4.79. The first kappa shape index (κ1) is 14.5. The van der Waals surface area contributed by atoms with E-state index in [2.05, 4.69) is 10.6 Å². The Kier molecular flexibility index (Phi) is 5.09. The van der Waals surface area contributed by atoms with E-state index in [1.165, 1.54) is 0 Å². The molecule has 20 heavy (non-hydrogen) atoms. The zero-order valence-electron chi connectivity index (χ0n) is 11.2. The first-order valence-electron chi connectivity index (χ1n) is 6.65. The molecule has 3 N–H and O–H groups in total. The van der Waals surface area contributed by atoms with Crippen molar-refractivity contribution in [2.75, 3.05) is 26.2 Å². The van der Waals surface area contributed by atoms with Crippen LogP contribution < -0.4 is 10.6 Å². The Hall–Kier alpha value is -1.92. The minimum Gasteiger partial charge on any atom is -0.480 e. The maximum Gasteiger partial charge on any atom is 0.322 e. The number of carbonyl (C=O) groups excluding carboxylic acids is 1. The third-order valence-electron chi connectivity index (χ3n) is 3.32. The molecular weight excluding hydrogens is 258 g/mol. The van der Waals surface area contributed by atoms with Gasteiger partial charge < -0.3 is 15.7 Å². The van der Waals surface area contributed by atoms with Gasteiger partial charge in [0.2, 0.25) is 5.91 Å². The number of carboxylic acids is 1. The Morgan fingerprint density at radius 1 is 1.35 bits per heavy atom. The highest BCUT2D eigenvalue weighted by Gasteiger charge is 2.29. The Balaban J connectivity index is 1.82. The first-order valence-corrected chi connectivity index (χ1v) is 6.65. The van der Waals surface area contributed by atoms with Crippen LogP contribution in [-0.4, -0.2) is 54.1 Å². The molecule has 6 nitrogen and oxygen atoms in total. The van der Waals surface area contributed by atoms with Gasteiger partial charge in [-0.2, -0.15) is 0 Å². The third-order valence-corrected chi connectivity index (χ3v) is 3.32. The summed E-state index contributed by atoms with van der Waals surface area (Å²) in [6.45, 7) is 2.22. The summed E-state index contributed by atoms with van der Waals surface area (Å²) < 4.78 is 0. The van der Waals surface area contributed by atoms with Crippen molar-refractivity contribution in [3.8, 4) is 0 Å². The fraction of sp³-hybridized carbons (Fsp3) is 0.429. The van der Waals surface area contributed by atoms with E-state index in [-0.39, 0.29) is 12.5 Å². The standard InChI is InChI=1S/C14H19N3O3/c18-13(16-8-11-4-2-1-3-5-11)10-17-7-6-15-9-12(17)14(19)20/h1-5,12,15H,6-10H2,(H,16,18)(H,19,20). The number of benzene rings is 1. The smallest absolute Gasteiger partial charge is 0.322 e. The van der Waals surface area contributed by atoms with Crippen molar-refractivity contribution in [2.45, 2.75) is 12.6 Å². The normalized spacial score (nSPS) is 19.5. The summed E-state index contributed by atoms with van der Waals surface area (Å²) in [4.78, 5) is 24.7. The Labute approximate surface area is 117 Å². The molecule has 6 heteroatoms. The number of piperazine rings is 1. The lowest BCUT2D eigenvalue weighted by Gasteiger charge is -2.32. The minimum absolute atomic E-state index is 0.117. The van der Waals surface area contributed by atoms with E-state index >= 15 is 0 Å². The number of nitrogens with one attached hydrogen (secondary N) is 2. The van der Waals surface area contributed by atoms with Gasteiger partial charge in [0.05, 0.1) is 6.54 Å². The van der Waals surface area contributed by atoms with E-state index in [1.807, 2.05) is 30.3 Å². The highest BCUT2D eigenvalue weighted by molar-refractivity contribution is 5.80. The van der Waals surface area contributed by atoms with Crippen molar-refractivity contribution < 1.29 is 14.7 Å². The van der Waals surface area contributed by atoms with E-state index in [4.69, 9.17) is 5.11 Å². The summed E-state index contributed by atoms with van der Waals surface area (Å²) in [5, 5.41) is 15.0. The highest BCUT2D eigenvalue weighted by Crippen LogP contribution is 2.03. The maximum atomic E-state index is 11.9. The molecule has 0 radical (unpaired) electrons. The number of nitrogens with zero attached hydrogens (tertiary/aromatic N) is 1. The van der Waals surface area contributed by atoms with Gasteiger partial charge in [0.1, 0.15) is 6.04 Å². The van der Waals surface area contributed by atoms with E-state index < -0.39 is 12.0 Å². The number of carbonyl (C=O) groups is 2. The molecule has 0 aliphatic carbocycles. The lowest BCUT2D eigenvalue weighted by Crippen LogP contribution is -2.57. The largest absolute Gasteiger partial charge is 0.480 e. The van der Waals surface area contributed by atoms with Gasteiger partial charge in [-0.3, -0.25) is 14.5 Å². The Morgan fingerprint density at radius 3 is 2.80 bits per heavy atom. The molecule has 1 atom stereocenters. The molecule has 1 amide bonds. The average Bonchev–Trinajstić information content (AvgIpc) is 2.46. The topological polar surface area (TPSA) is 81.7 Å². The molecule has 108 valence electrons. The first-order chi connectivity index (χ1) is 9.66. The second-order valence-electron chi connectivity index (χ2n) is 4.79. The fourth-order valence-electron chi connectivity index (χ4n) is 2.22. The number of carboxylic acid groups (broad SMARTS) is 1. The van der Waals surface area contributed by atoms with Gasteiger partial charge in [0.15, 0.2) is 0 Å². The van der Waals surface area contributed by atoms with Crippen LogP contribution in [0.3, 0.4) is 0 Å². The number of amides is 1. The second kappa shape index (κ2) is 7.02. The molecule has 2 rings (SSSR count). The van der Waals surface area contributed by atoms with E-state index in [0.717, 1.165) is 5.56 Å². The van der Waals surface area contributed by atoms with Gasteiger partial charge in [-0.05, 0) is 5.56 Å². The zero-order chi connectivity index (χ0) is 14.4. The van der Waals surface area contributed by atoms with Gasteiger partial charge in [-0.25, -0.2) is 0 Å². The highest BCUT2D eigenvalue weighted by atomic mass is 16.4. The molecule has 1 heterocycles. The Morgan fingerprint density at radius 2 is 2.10 bits per heavy atom. The minimum atomic E-state index is -0.895.